The van der Waals surface area contributed by atoms with Crippen LogP contribution >= 0.6 is 12.2 Å². The Balaban J connectivity index is 2.35. The summed E-state index contributed by atoms with van der Waals surface area (Å²) in [4.78, 5) is 3.73. The average Bonchev–Trinajstić information content (AvgIpc) is 2.34. The Hall–Kier alpha value is -1.17. The van der Waals surface area contributed by atoms with E-state index in [-0.39, 0.29) is 5.11 Å². The Morgan fingerprint density at radius 2 is 2.70 bits per heavy atom. The summed E-state index contributed by atoms with van der Waals surface area (Å²) in [7, 11) is 0. The fourth-order valence-corrected chi connectivity index (χ4v) is 0.509. The molecule has 3 N–H and O–H groups in total. The van der Waals surface area contributed by atoms with Crippen molar-refractivity contribution in [3.63, 3.8) is 0 Å². The van der Waals surface area contributed by atoms with Crippen molar-refractivity contribution in [3.8, 4) is 0 Å². The first kappa shape index (κ1) is 6.94. The van der Waals surface area contributed by atoms with Gasteiger partial charge in [0.25, 0.3) is 0 Å². The lowest BCUT2D eigenvalue weighted by Crippen LogP contribution is -2.28. The van der Waals surface area contributed by atoms with Crippen LogP contribution in [0.2, 0.25) is 0 Å². The van der Waals surface area contributed by atoms with Crippen molar-refractivity contribution in [3.05, 3.63) is 12.2 Å². The SMILES string of the molecule is NC(=S)NCc1ncon1. The summed E-state index contributed by atoms with van der Waals surface area (Å²) in [6.07, 6.45) is 1.25. The van der Waals surface area contributed by atoms with Crippen LogP contribution < -0.4 is 11.1 Å². The molecule has 1 aromatic rings. The number of nitrogens with one attached hydrogen (secondary N) is 1. The first-order chi connectivity index (χ1) is 4.79. The third-order valence-electron chi connectivity index (χ3n) is 0.828. The summed E-state index contributed by atoms with van der Waals surface area (Å²) in [5, 5.41) is 6.42. The van der Waals surface area contributed by atoms with E-state index in [1.54, 1.807) is 0 Å². The molecule has 0 aromatic carbocycles. The largest absolute Gasteiger partial charge is 0.376 e. The molecule has 0 aliphatic heterocycles. The quantitative estimate of drug-likeness (QED) is 0.560. The van der Waals surface area contributed by atoms with Gasteiger partial charge in [0.1, 0.15) is 0 Å². The highest BCUT2D eigenvalue weighted by Gasteiger charge is 1.95. The number of nitrogens with zero attached hydrogens (tertiary/aromatic N) is 2. The highest BCUT2D eigenvalue weighted by Crippen LogP contribution is 1.84. The highest BCUT2D eigenvalue weighted by atomic mass is 32.1. The molecule has 0 atom stereocenters. The second-order valence-corrected chi connectivity index (χ2v) is 2.01. The molecule has 0 aliphatic rings. The molecule has 1 rings (SSSR count). The van der Waals surface area contributed by atoms with Crippen molar-refractivity contribution in [2.24, 2.45) is 5.73 Å². The lowest BCUT2D eigenvalue weighted by Gasteiger charge is -1.96. The van der Waals surface area contributed by atoms with E-state index in [1.165, 1.54) is 6.39 Å². The summed E-state index contributed by atoms with van der Waals surface area (Å²) >= 11 is 4.55. The van der Waals surface area contributed by atoms with Gasteiger partial charge in [0.15, 0.2) is 10.9 Å². The average molecular weight is 158 g/mol. The number of nitrogens with two attached hydrogens (primary N) is 1. The lowest BCUT2D eigenvalue weighted by atomic mass is 10.6. The minimum Gasteiger partial charge on any atom is -0.376 e. The van der Waals surface area contributed by atoms with Crippen LogP contribution in [0.4, 0.5) is 0 Å². The monoisotopic (exact) mass is 158 g/mol. The molecule has 0 saturated carbocycles. The number of hydrogen-bond donors (Lipinski definition) is 2. The molecule has 0 fully saturated rings. The van der Waals surface area contributed by atoms with Gasteiger partial charge in [0.05, 0.1) is 6.54 Å². The number of aromatic nitrogens is 2. The van der Waals surface area contributed by atoms with Crippen LogP contribution in [0.15, 0.2) is 10.9 Å². The molecular formula is C4H6N4OS. The number of hydrogen-bond acceptors (Lipinski definition) is 4. The third kappa shape index (κ3) is 1.98. The molecule has 0 aliphatic carbocycles. The molecule has 0 radical (unpaired) electrons. The van der Waals surface area contributed by atoms with E-state index in [2.05, 4.69) is 32.2 Å². The Labute approximate surface area is 62.6 Å². The first-order valence-electron chi connectivity index (χ1n) is 2.57. The Kier molecular flexibility index (Phi) is 2.16. The highest BCUT2D eigenvalue weighted by molar-refractivity contribution is 7.80. The first-order valence-corrected chi connectivity index (χ1v) is 2.98. The van der Waals surface area contributed by atoms with Crippen LogP contribution in [-0.2, 0) is 6.54 Å². The zero-order valence-electron chi connectivity index (χ0n) is 5.07. The zero-order chi connectivity index (χ0) is 7.40. The summed E-state index contributed by atoms with van der Waals surface area (Å²) < 4.78 is 4.46. The predicted octanol–water partition coefficient (Wildman–Crippen LogP) is -0.597. The molecule has 54 valence electrons. The van der Waals surface area contributed by atoms with Gasteiger partial charge in [-0.2, -0.15) is 4.98 Å². The van der Waals surface area contributed by atoms with Crippen molar-refractivity contribution in [2.45, 2.75) is 6.54 Å². The summed E-state index contributed by atoms with van der Waals surface area (Å²) in [5.74, 6) is 0.535. The third-order valence-corrected chi connectivity index (χ3v) is 0.972. The molecule has 5 nitrogen and oxygen atoms in total. The normalized spacial score (nSPS) is 9.20. The second-order valence-electron chi connectivity index (χ2n) is 1.57. The van der Waals surface area contributed by atoms with E-state index < -0.39 is 0 Å². The minimum absolute atomic E-state index is 0.227. The molecule has 0 saturated heterocycles. The van der Waals surface area contributed by atoms with Gasteiger partial charge in [0, 0.05) is 0 Å². The Bertz CT molecular complexity index is 209. The van der Waals surface area contributed by atoms with E-state index in [4.69, 9.17) is 5.73 Å². The maximum absolute atomic E-state index is 5.14. The van der Waals surface area contributed by atoms with E-state index in [9.17, 15) is 0 Å². The number of thiocarbonyl (C=S) groups is 1. The maximum atomic E-state index is 5.14. The van der Waals surface area contributed by atoms with Crippen LogP contribution in [0.1, 0.15) is 5.82 Å². The molecule has 10 heavy (non-hydrogen) atoms. The van der Waals surface area contributed by atoms with Gasteiger partial charge >= 0.3 is 0 Å². The summed E-state index contributed by atoms with van der Waals surface area (Å²) in [6, 6.07) is 0. The molecular weight excluding hydrogens is 152 g/mol. The fourth-order valence-electron chi connectivity index (χ4n) is 0.436. The van der Waals surface area contributed by atoms with Crippen LogP contribution in [0.5, 0.6) is 0 Å². The molecule has 0 unspecified atom stereocenters. The van der Waals surface area contributed by atoms with E-state index in [1.807, 2.05) is 0 Å². The molecule has 6 heteroatoms. The fraction of sp³-hybridized carbons (Fsp3) is 0.250. The van der Waals surface area contributed by atoms with E-state index >= 15 is 0 Å². The van der Waals surface area contributed by atoms with Gasteiger partial charge < -0.3 is 15.6 Å². The maximum Gasteiger partial charge on any atom is 0.213 e. The van der Waals surface area contributed by atoms with Crippen molar-refractivity contribution in [1.29, 1.82) is 0 Å². The predicted molar refractivity (Wildman–Crippen MR) is 37.9 cm³/mol. The van der Waals surface area contributed by atoms with E-state index in [0.29, 0.717) is 12.4 Å². The summed E-state index contributed by atoms with van der Waals surface area (Å²) in [5.41, 5.74) is 5.14. The van der Waals surface area contributed by atoms with Gasteiger partial charge in [-0.15, -0.1) is 0 Å². The van der Waals surface area contributed by atoms with Crippen LogP contribution in [0, 0.1) is 0 Å². The molecule has 0 bridgehead atoms. The van der Waals surface area contributed by atoms with Gasteiger partial charge in [0.2, 0.25) is 6.39 Å². The van der Waals surface area contributed by atoms with Gasteiger partial charge in [-0.25, -0.2) is 0 Å². The molecule has 0 amide bonds. The van der Waals surface area contributed by atoms with Crippen LogP contribution in [-0.4, -0.2) is 15.3 Å². The van der Waals surface area contributed by atoms with Crippen molar-refractivity contribution >= 4 is 17.3 Å². The molecule has 0 spiro atoms. The van der Waals surface area contributed by atoms with E-state index in [0.717, 1.165) is 0 Å². The van der Waals surface area contributed by atoms with Gasteiger partial charge in [-0.1, -0.05) is 5.16 Å². The molecule has 1 aromatic heterocycles. The molecule has 1 heterocycles. The van der Waals surface area contributed by atoms with Crippen molar-refractivity contribution in [2.75, 3.05) is 0 Å². The topological polar surface area (TPSA) is 77.0 Å². The number of rotatable bonds is 2. The minimum atomic E-state index is 0.227. The van der Waals surface area contributed by atoms with Crippen LogP contribution in [0.25, 0.3) is 0 Å². The Morgan fingerprint density at radius 1 is 1.90 bits per heavy atom. The zero-order valence-corrected chi connectivity index (χ0v) is 5.89. The lowest BCUT2D eigenvalue weighted by molar-refractivity contribution is 0.409. The van der Waals surface area contributed by atoms with Crippen LogP contribution in [0.3, 0.4) is 0 Å². The van der Waals surface area contributed by atoms with Crippen molar-refractivity contribution < 1.29 is 4.52 Å². The van der Waals surface area contributed by atoms with Gasteiger partial charge in [-0.3, -0.25) is 0 Å². The van der Waals surface area contributed by atoms with Crippen molar-refractivity contribution in [1.82, 2.24) is 15.5 Å². The van der Waals surface area contributed by atoms with Gasteiger partial charge in [-0.05, 0) is 12.2 Å². The standard InChI is InChI=1S/C4H6N4OS/c5-4(10)6-1-3-7-2-9-8-3/h2H,1H2,(H3,5,6,10). The smallest absolute Gasteiger partial charge is 0.213 e. The Morgan fingerprint density at radius 3 is 3.20 bits per heavy atom. The second kappa shape index (κ2) is 3.11. The summed E-state index contributed by atoms with van der Waals surface area (Å²) in [6.45, 7) is 0.409.